The minimum Gasteiger partial charge on any atom is -0.497 e. The normalized spacial score (nSPS) is 11.1. The molecule has 5 nitrogen and oxygen atoms in total. The highest BCUT2D eigenvalue weighted by Gasteiger charge is 2.20. The zero-order valence-corrected chi connectivity index (χ0v) is 12.9. The Labute approximate surface area is 131 Å². The largest absolute Gasteiger partial charge is 0.497 e. The van der Waals surface area contributed by atoms with Crippen LogP contribution in [0.15, 0.2) is 47.4 Å². The van der Waals surface area contributed by atoms with Crippen molar-refractivity contribution in [2.24, 2.45) is 0 Å². The van der Waals surface area contributed by atoms with E-state index < -0.39 is 38.8 Å². The van der Waals surface area contributed by atoms with E-state index in [1.165, 1.54) is 31.4 Å². The highest BCUT2D eigenvalue weighted by Crippen LogP contribution is 2.18. The molecule has 8 heteroatoms. The Morgan fingerprint density at radius 3 is 2.39 bits per heavy atom. The summed E-state index contributed by atoms with van der Waals surface area (Å²) in [6, 6.07) is 7.97. The molecule has 23 heavy (non-hydrogen) atoms. The number of benzene rings is 2. The van der Waals surface area contributed by atoms with E-state index >= 15 is 0 Å². The van der Waals surface area contributed by atoms with Gasteiger partial charge < -0.3 is 10.1 Å². The van der Waals surface area contributed by atoms with Gasteiger partial charge in [0.05, 0.1) is 17.7 Å². The maximum atomic E-state index is 13.4. The monoisotopic (exact) mass is 341 g/mol. The molecule has 122 valence electrons. The second-order valence-corrected chi connectivity index (χ2v) is 6.60. The number of hydrogen-bond acceptors (Lipinski definition) is 4. The molecule has 0 fully saturated rings. The van der Waals surface area contributed by atoms with Crippen LogP contribution in [0, 0.1) is 11.6 Å². The molecule has 0 aliphatic rings. The van der Waals surface area contributed by atoms with Crippen LogP contribution in [0.25, 0.3) is 0 Å². The van der Waals surface area contributed by atoms with Gasteiger partial charge in [-0.15, -0.1) is 0 Å². The van der Waals surface area contributed by atoms with Crippen molar-refractivity contribution >= 4 is 21.4 Å². The quantitative estimate of drug-likeness (QED) is 0.906. The number of anilines is 1. The molecular formula is C15H13F2NO4S. The molecule has 1 amide bonds. The third-order valence-electron chi connectivity index (χ3n) is 2.94. The van der Waals surface area contributed by atoms with Crippen molar-refractivity contribution in [1.29, 1.82) is 0 Å². The lowest BCUT2D eigenvalue weighted by Crippen LogP contribution is -2.23. The van der Waals surface area contributed by atoms with Gasteiger partial charge in [0.1, 0.15) is 23.1 Å². The molecule has 1 N–H and O–H groups in total. The molecule has 2 aromatic rings. The van der Waals surface area contributed by atoms with E-state index in [-0.39, 0.29) is 4.90 Å². The Morgan fingerprint density at radius 1 is 1.13 bits per heavy atom. The third-order valence-corrected chi connectivity index (χ3v) is 4.57. The molecule has 0 saturated heterocycles. The van der Waals surface area contributed by atoms with Crippen LogP contribution in [0.2, 0.25) is 0 Å². The van der Waals surface area contributed by atoms with Crippen LogP contribution in [-0.4, -0.2) is 27.2 Å². The zero-order chi connectivity index (χ0) is 17.0. The Morgan fingerprint density at radius 2 is 1.78 bits per heavy atom. The maximum absolute atomic E-state index is 13.4. The number of amides is 1. The fraction of sp³-hybridized carbons (Fsp3) is 0.133. The van der Waals surface area contributed by atoms with Crippen LogP contribution < -0.4 is 10.1 Å². The minimum atomic E-state index is -3.91. The first-order valence-electron chi connectivity index (χ1n) is 6.43. The first-order chi connectivity index (χ1) is 10.8. The van der Waals surface area contributed by atoms with E-state index in [0.717, 1.165) is 18.2 Å². The Kier molecular flexibility index (Phi) is 4.95. The first-order valence-corrected chi connectivity index (χ1v) is 8.09. The molecule has 0 bridgehead atoms. The zero-order valence-electron chi connectivity index (χ0n) is 12.0. The van der Waals surface area contributed by atoms with Crippen LogP contribution in [0.4, 0.5) is 14.5 Å². The van der Waals surface area contributed by atoms with Gasteiger partial charge in [-0.1, -0.05) is 0 Å². The highest BCUT2D eigenvalue weighted by molar-refractivity contribution is 7.92. The summed E-state index contributed by atoms with van der Waals surface area (Å²) in [7, 11) is -2.48. The number of sulfone groups is 1. The van der Waals surface area contributed by atoms with Crippen molar-refractivity contribution < 1.29 is 26.7 Å². The molecule has 0 unspecified atom stereocenters. The number of ether oxygens (including phenoxy) is 1. The van der Waals surface area contributed by atoms with Crippen molar-refractivity contribution in [3.8, 4) is 5.75 Å². The van der Waals surface area contributed by atoms with E-state index in [1.807, 2.05) is 5.32 Å². The molecule has 0 aromatic heterocycles. The second kappa shape index (κ2) is 6.74. The van der Waals surface area contributed by atoms with Gasteiger partial charge in [0, 0.05) is 6.07 Å². The standard InChI is InChI=1S/C15H13F2NO4S/c1-22-11-3-5-12(6-4-11)23(20,21)9-15(19)18-14-8-10(16)2-7-13(14)17/h2-8H,9H2,1H3,(H,18,19). The van der Waals surface area contributed by atoms with Crippen molar-refractivity contribution in [3.63, 3.8) is 0 Å². The van der Waals surface area contributed by atoms with E-state index in [0.29, 0.717) is 5.75 Å². The number of carbonyl (C=O) groups excluding carboxylic acids is 1. The summed E-state index contributed by atoms with van der Waals surface area (Å²) in [5.74, 6) is -3.00. The number of methoxy groups -OCH3 is 1. The van der Waals surface area contributed by atoms with Crippen LogP contribution in [0.1, 0.15) is 0 Å². The van der Waals surface area contributed by atoms with Crippen LogP contribution >= 0.6 is 0 Å². The van der Waals surface area contributed by atoms with Crippen LogP contribution in [0.3, 0.4) is 0 Å². The summed E-state index contributed by atoms with van der Waals surface area (Å²) in [6.07, 6.45) is 0. The molecule has 0 atom stereocenters. The van der Waals surface area contributed by atoms with E-state index in [2.05, 4.69) is 0 Å². The van der Waals surface area contributed by atoms with Gasteiger partial charge in [-0.05, 0) is 36.4 Å². The van der Waals surface area contributed by atoms with E-state index in [1.54, 1.807) is 0 Å². The number of hydrogen-bond donors (Lipinski definition) is 1. The summed E-state index contributed by atoms with van der Waals surface area (Å²) in [6.45, 7) is 0. The number of carbonyl (C=O) groups is 1. The topological polar surface area (TPSA) is 72.5 Å². The smallest absolute Gasteiger partial charge is 0.240 e. The SMILES string of the molecule is COc1ccc(S(=O)(=O)CC(=O)Nc2cc(F)ccc2F)cc1. The van der Waals surface area contributed by atoms with Crippen LogP contribution in [0.5, 0.6) is 5.75 Å². The summed E-state index contributed by atoms with van der Waals surface area (Å²) < 4.78 is 55.6. The van der Waals surface area contributed by atoms with Gasteiger partial charge >= 0.3 is 0 Å². The molecule has 0 aliphatic heterocycles. The Hall–Kier alpha value is -2.48. The molecule has 0 aliphatic carbocycles. The molecule has 0 saturated carbocycles. The fourth-order valence-corrected chi connectivity index (χ4v) is 2.95. The van der Waals surface area contributed by atoms with Crippen molar-refractivity contribution in [2.75, 3.05) is 18.2 Å². The molecule has 0 spiro atoms. The lowest BCUT2D eigenvalue weighted by Gasteiger charge is -2.08. The molecule has 2 aromatic carbocycles. The summed E-state index contributed by atoms with van der Waals surface area (Å²) in [5.41, 5.74) is -0.417. The summed E-state index contributed by atoms with van der Waals surface area (Å²) in [4.78, 5) is 11.7. The minimum absolute atomic E-state index is 0.0758. The Balaban J connectivity index is 2.13. The van der Waals surface area contributed by atoms with Gasteiger partial charge in [0.15, 0.2) is 9.84 Å². The molecule has 0 radical (unpaired) electrons. The van der Waals surface area contributed by atoms with Crippen LogP contribution in [-0.2, 0) is 14.6 Å². The average Bonchev–Trinajstić information content (AvgIpc) is 2.50. The summed E-state index contributed by atoms with van der Waals surface area (Å²) >= 11 is 0. The molecule has 0 heterocycles. The van der Waals surface area contributed by atoms with Crippen molar-refractivity contribution in [2.45, 2.75) is 4.90 Å². The first kappa shape index (κ1) is 16.9. The number of nitrogens with one attached hydrogen (secondary N) is 1. The van der Waals surface area contributed by atoms with Gasteiger partial charge in [-0.2, -0.15) is 0 Å². The lowest BCUT2D eigenvalue weighted by atomic mass is 10.3. The van der Waals surface area contributed by atoms with Gasteiger partial charge in [0.25, 0.3) is 0 Å². The molecule has 2 rings (SSSR count). The van der Waals surface area contributed by atoms with Crippen molar-refractivity contribution in [1.82, 2.24) is 0 Å². The fourth-order valence-electron chi connectivity index (χ4n) is 1.82. The van der Waals surface area contributed by atoms with E-state index in [9.17, 15) is 22.0 Å². The lowest BCUT2D eigenvalue weighted by molar-refractivity contribution is -0.113. The highest BCUT2D eigenvalue weighted by atomic mass is 32.2. The number of rotatable bonds is 5. The predicted molar refractivity (Wildman–Crippen MR) is 80.0 cm³/mol. The summed E-state index contributed by atoms with van der Waals surface area (Å²) in [5, 5.41) is 2.04. The van der Waals surface area contributed by atoms with Crippen molar-refractivity contribution in [3.05, 3.63) is 54.1 Å². The third kappa shape index (κ3) is 4.26. The predicted octanol–water partition coefficient (Wildman–Crippen LogP) is 2.39. The van der Waals surface area contributed by atoms with Gasteiger partial charge in [-0.3, -0.25) is 4.79 Å². The number of halogens is 2. The second-order valence-electron chi connectivity index (χ2n) is 4.61. The van der Waals surface area contributed by atoms with Gasteiger partial charge in [0.2, 0.25) is 5.91 Å². The maximum Gasteiger partial charge on any atom is 0.240 e. The van der Waals surface area contributed by atoms with E-state index in [4.69, 9.17) is 4.74 Å². The average molecular weight is 341 g/mol. The molecular weight excluding hydrogens is 328 g/mol. The van der Waals surface area contributed by atoms with Gasteiger partial charge in [-0.25, -0.2) is 17.2 Å². The Bertz CT molecular complexity index is 820.